The Kier molecular flexibility index (Phi) is 4.47. The molecule has 1 N–H and O–H groups in total. The number of methoxy groups -OCH3 is 1. The lowest BCUT2D eigenvalue weighted by molar-refractivity contribution is 0.167. The summed E-state index contributed by atoms with van der Waals surface area (Å²) >= 11 is 0. The molecule has 19 heavy (non-hydrogen) atoms. The van der Waals surface area contributed by atoms with Gasteiger partial charge >= 0.3 is 0 Å². The van der Waals surface area contributed by atoms with Crippen molar-refractivity contribution >= 4 is 0 Å². The van der Waals surface area contributed by atoms with E-state index in [9.17, 15) is 9.50 Å². The fraction of sp³-hybridized carbons (Fsp3) is 0.267. The first-order valence-electron chi connectivity index (χ1n) is 6.11. The van der Waals surface area contributed by atoms with E-state index in [-0.39, 0.29) is 5.75 Å². The Balaban J connectivity index is 2.00. The minimum Gasteiger partial charge on any atom is -0.494 e. The van der Waals surface area contributed by atoms with E-state index < -0.39 is 11.9 Å². The number of nitrogens with zero attached hydrogens (tertiary/aromatic N) is 1. The van der Waals surface area contributed by atoms with Crippen LogP contribution in [0.2, 0.25) is 0 Å². The van der Waals surface area contributed by atoms with Crippen LogP contribution in [0.3, 0.4) is 0 Å². The largest absolute Gasteiger partial charge is 0.494 e. The molecule has 3 nitrogen and oxygen atoms in total. The molecule has 0 aliphatic rings. The number of pyridine rings is 1. The molecule has 1 unspecified atom stereocenters. The molecular weight excluding hydrogens is 245 g/mol. The van der Waals surface area contributed by atoms with E-state index in [1.165, 1.54) is 19.2 Å². The summed E-state index contributed by atoms with van der Waals surface area (Å²) in [5.74, 6) is -0.270. The van der Waals surface area contributed by atoms with E-state index >= 15 is 0 Å². The summed E-state index contributed by atoms with van der Waals surface area (Å²) in [5.41, 5.74) is 1.66. The Hall–Kier alpha value is -1.94. The highest BCUT2D eigenvalue weighted by atomic mass is 19.1. The third kappa shape index (κ3) is 3.51. The van der Waals surface area contributed by atoms with Crippen molar-refractivity contribution in [3.8, 4) is 5.75 Å². The molecule has 1 aromatic carbocycles. The number of aromatic nitrogens is 1. The maximum atomic E-state index is 13.5. The molecule has 4 heteroatoms. The smallest absolute Gasteiger partial charge is 0.165 e. The topological polar surface area (TPSA) is 42.4 Å². The number of hydrogen-bond acceptors (Lipinski definition) is 3. The van der Waals surface area contributed by atoms with Crippen molar-refractivity contribution in [1.82, 2.24) is 4.98 Å². The average Bonchev–Trinajstić information content (AvgIpc) is 2.45. The van der Waals surface area contributed by atoms with Crippen LogP contribution in [0, 0.1) is 5.82 Å². The lowest BCUT2D eigenvalue weighted by Gasteiger charge is -2.12. The monoisotopic (exact) mass is 261 g/mol. The summed E-state index contributed by atoms with van der Waals surface area (Å²) in [7, 11) is 1.41. The third-order valence-corrected chi connectivity index (χ3v) is 3.02. The third-order valence-electron chi connectivity index (χ3n) is 3.02. The second-order valence-corrected chi connectivity index (χ2v) is 4.30. The van der Waals surface area contributed by atoms with Gasteiger partial charge in [0.2, 0.25) is 0 Å². The van der Waals surface area contributed by atoms with E-state index in [1.54, 1.807) is 18.5 Å². The number of aliphatic hydroxyl groups excluding tert-OH is 1. The van der Waals surface area contributed by atoms with Crippen molar-refractivity contribution in [1.29, 1.82) is 0 Å². The summed E-state index contributed by atoms with van der Waals surface area (Å²) < 4.78 is 18.4. The van der Waals surface area contributed by atoms with Gasteiger partial charge < -0.3 is 9.84 Å². The molecule has 2 rings (SSSR count). The van der Waals surface area contributed by atoms with Gasteiger partial charge in [0.05, 0.1) is 13.2 Å². The van der Waals surface area contributed by atoms with Crippen molar-refractivity contribution in [3.05, 3.63) is 59.7 Å². The summed E-state index contributed by atoms with van der Waals surface area (Å²) in [6.07, 6.45) is 4.00. The molecule has 2 aromatic rings. The minimum absolute atomic E-state index is 0.185. The standard InChI is InChI=1S/C15H16FNO2/c1-19-15-5-3-12(10-13(15)16)14(18)4-2-11-6-8-17-9-7-11/h3,5-10,14,18H,2,4H2,1H3. The molecule has 0 spiro atoms. The maximum Gasteiger partial charge on any atom is 0.165 e. The van der Waals surface area contributed by atoms with Crippen LogP contribution in [0.25, 0.3) is 0 Å². The van der Waals surface area contributed by atoms with Crippen LogP contribution in [0.1, 0.15) is 23.7 Å². The molecule has 1 aromatic heterocycles. The van der Waals surface area contributed by atoms with Crippen LogP contribution in [0.15, 0.2) is 42.7 Å². The van der Waals surface area contributed by atoms with Crippen molar-refractivity contribution in [2.45, 2.75) is 18.9 Å². The zero-order valence-corrected chi connectivity index (χ0v) is 10.7. The molecule has 0 fully saturated rings. The Morgan fingerprint density at radius 2 is 2.00 bits per heavy atom. The van der Waals surface area contributed by atoms with Gasteiger partial charge in [0.25, 0.3) is 0 Å². The van der Waals surface area contributed by atoms with Gasteiger partial charge in [0.1, 0.15) is 0 Å². The summed E-state index contributed by atoms with van der Waals surface area (Å²) in [4.78, 5) is 3.94. The zero-order chi connectivity index (χ0) is 13.7. The van der Waals surface area contributed by atoms with E-state index in [2.05, 4.69) is 4.98 Å². The van der Waals surface area contributed by atoms with Crippen LogP contribution in [-0.2, 0) is 6.42 Å². The highest BCUT2D eigenvalue weighted by molar-refractivity contribution is 5.30. The molecule has 0 saturated heterocycles. The Morgan fingerprint density at radius 3 is 2.63 bits per heavy atom. The summed E-state index contributed by atoms with van der Waals surface area (Å²) in [6, 6.07) is 8.33. The molecule has 0 aliphatic heterocycles. The second-order valence-electron chi connectivity index (χ2n) is 4.30. The molecule has 0 aliphatic carbocycles. The van der Waals surface area contributed by atoms with Gasteiger partial charge in [-0.3, -0.25) is 4.98 Å². The van der Waals surface area contributed by atoms with Crippen molar-refractivity contribution in [2.24, 2.45) is 0 Å². The van der Waals surface area contributed by atoms with Gasteiger partial charge in [0, 0.05) is 12.4 Å². The Morgan fingerprint density at radius 1 is 1.26 bits per heavy atom. The average molecular weight is 261 g/mol. The van der Waals surface area contributed by atoms with E-state index in [0.717, 1.165) is 12.0 Å². The fourth-order valence-electron chi connectivity index (χ4n) is 1.91. The van der Waals surface area contributed by atoms with Gasteiger partial charge in [-0.2, -0.15) is 0 Å². The molecule has 0 amide bonds. The zero-order valence-electron chi connectivity index (χ0n) is 10.7. The number of aryl methyl sites for hydroxylation is 1. The molecule has 0 saturated carbocycles. The van der Waals surface area contributed by atoms with Gasteiger partial charge in [-0.15, -0.1) is 0 Å². The van der Waals surface area contributed by atoms with Gasteiger partial charge in [0.15, 0.2) is 11.6 Å². The first-order chi connectivity index (χ1) is 9.20. The van der Waals surface area contributed by atoms with Crippen LogP contribution < -0.4 is 4.74 Å². The van der Waals surface area contributed by atoms with Crippen LogP contribution in [0.4, 0.5) is 4.39 Å². The van der Waals surface area contributed by atoms with E-state index in [0.29, 0.717) is 12.0 Å². The Bertz CT molecular complexity index is 531. The van der Waals surface area contributed by atoms with Gasteiger partial charge in [-0.1, -0.05) is 6.07 Å². The van der Waals surface area contributed by atoms with Crippen LogP contribution in [-0.4, -0.2) is 17.2 Å². The first kappa shape index (κ1) is 13.5. The van der Waals surface area contributed by atoms with Crippen molar-refractivity contribution in [3.63, 3.8) is 0 Å². The normalized spacial score (nSPS) is 12.2. The quantitative estimate of drug-likeness (QED) is 0.899. The Labute approximate surface area is 111 Å². The molecule has 1 atom stereocenters. The molecule has 100 valence electrons. The van der Waals surface area contributed by atoms with Crippen LogP contribution >= 0.6 is 0 Å². The molecule has 0 radical (unpaired) electrons. The molecular formula is C15H16FNO2. The first-order valence-corrected chi connectivity index (χ1v) is 6.11. The number of aliphatic hydroxyl groups is 1. The predicted octanol–water partition coefficient (Wildman–Crippen LogP) is 2.90. The maximum absolute atomic E-state index is 13.5. The highest BCUT2D eigenvalue weighted by Gasteiger charge is 2.11. The fourth-order valence-corrected chi connectivity index (χ4v) is 1.91. The predicted molar refractivity (Wildman–Crippen MR) is 70.5 cm³/mol. The highest BCUT2D eigenvalue weighted by Crippen LogP contribution is 2.24. The van der Waals surface area contributed by atoms with E-state index in [4.69, 9.17) is 4.74 Å². The number of benzene rings is 1. The summed E-state index contributed by atoms with van der Waals surface area (Å²) in [5, 5.41) is 10.0. The number of halogens is 1. The van der Waals surface area contributed by atoms with Gasteiger partial charge in [-0.25, -0.2) is 4.39 Å². The number of rotatable bonds is 5. The summed E-state index contributed by atoms with van der Waals surface area (Å²) in [6.45, 7) is 0. The molecule has 0 bridgehead atoms. The second kappa shape index (κ2) is 6.29. The SMILES string of the molecule is COc1ccc(C(O)CCc2ccncc2)cc1F. The lowest BCUT2D eigenvalue weighted by atomic mass is 10.0. The lowest BCUT2D eigenvalue weighted by Crippen LogP contribution is -2.01. The van der Waals surface area contributed by atoms with E-state index in [1.807, 2.05) is 12.1 Å². The number of ether oxygens (including phenoxy) is 1. The minimum atomic E-state index is -0.687. The van der Waals surface area contributed by atoms with Crippen molar-refractivity contribution in [2.75, 3.05) is 7.11 Å². The van der Waals surface area contributed by atoms with Crippen molar-refractivity contribution < 1.29 is 14.2 Å². The molecule has 1 heterocycles. The van der Waals surface area contributed by atoms with Gasteiger partial charge in [-0.05, 0) is 48.2 Å². The van der Waals surface area contributed by atoms with Crippen LogP contribution in [0.5, 0.6) is 5.75 Å². The number of hydrogen-bond donors (Lipinski definition) is 1.